The van der Waals surface area contributed by atoms with Crippen molar-refractivity contribution in [1.29, 1.82) is 0 Å². The summed E-state index contributed by atoms with van der Waals surface area (Å²) in [7, 11) is 0. The van der Waals surface area contributed by atoms with Crippen molar-refractivity contribution in [3.05, 3.63) is 30.1 Å². The van der Waals surface area contributed by atoms with E-state index in [0.717, 1.165) is 19.3 Å². The van der Waals surface area contributed by atoms with Gasteiger partial charge in [-0.25, -0.2) is 9.18 Å². The lowest BCUT2D eigenvalue weighted by Gasteiger charge is -2.35. The molecule has 1 aromatic rings. The van der Waals surface area contributed by atoms with Gasteiger partial charge in [0.2, 0.25) is 5.91 Å². The van der Waals surface area contributed by atoms with Crippen molar-refractivity contribution in [3.63, 3.8) is 0 Å². The largest absolute Gasteiger partial charge is 0.353 e. The van der Waals surface area contributed by atoms with Crippen LogP contribution in [0.1, 0.15) is 45.4 Å². The minimum absolute atomic E-state index is 0.0723. The van der Waals surface area contributed by atoms with Crippen LogP contribution in [0.25, 0.3) is 0 Å². The molecule has 0 spiro atoms. The van der Waals surface area contributed by atoms with E-state index >= 15 is 0 Å². The number of benzene rings is 1. The smallest absolute Gasteiger partial charge is 0.321 e. The van der Waals surface area contributed by atoms with Crippen LogP contribution in [0.3, 0.4) is 0 Å². The fourth-order valence-corrected chi connectivity index (χ4v) is 3.94. The third-order valence-electron chi connectivity index (χ3n) is 5.61. The molecule has 1 aliphatic heterocycles. The summed E-state index contributed by atoms with van der Waals surface area (Å²) in [5, 5.41) is 5.99. The van der Waals surface area contributed by atoms with Gasteiger partial charge in [0, 0.05) is 24.8 Å². The lowest BCUT2D eigenvalue weighted by Crippen LogP contribution is -2.50. The predicted molar refractivity (Wildman–Crippen MR) is 99.3 cm³/mol. The minimum Gasteiger partial charge on any atom is -0.353 e. The van der Waals surface area contributed by atoms with Gasteiger partial charge in [0.15, 0.2) is 0 Å². The average molecular weight is 361 g/mol. The molecule has 2 N–H and O–H groups in total. The number of amides is 3. The van der Waals surface area contributed by atoms with Crippen LogP contribution in [0.5, 0.6) is 0 Å². The monoisotopic (exact) mass is 361 g/mol. The maximum absolute atomic E-state index is 13.0. The zero-order valence-corrected chi connectivity index (χ0v) is 15.3. The average Bonchev–Trinajstić information content (AvgIpc) is 2.65. The number of nitrogens with one attached hydrogen (secondary N) is 2. The third kappa shape index (κ3) is 4.74. The summed E-state index contributed by atoms with van der Waals surface area (Å²) >= 11 is 0. The standard InChI is InChI=1S/C20H28FN3O2/c1-14-5-2-3-7-18(14)23-19(25)15-6-4-12-24(13-15)20(26)22-17-10-8-16(21)9-11-17/h8-11,14-15,18H,2-7,12-13H2,1H3,(H,22,26)(H,23,25). The van der Waals surface area contributed by atoms with Crippen molar-refractivity contribution in [2.75, 3.05) is 18.4 Å². The Morgan fingerprint density at radius 3 is 2.54 bits per heavy atom. The molecule has 0 bridgehead atoms. The quantitative estimate of drug-likeness (QED) is 0.861. The first-order valence-corrected chi connectivity index (χ1v) is 9.65. The Morgan fingerprint density at radius 2 is 1.81 bits per heavy atom. The lowest BCUT2D eigenvalue weighted by molar-refractivity contribution is -0.127. The molecule has 3 amide bonds. The highest BCUT2D eigenvalue weighted by Gasteiger charge is 2.31. The highest BCUT2D eigenvalue weighted by atomic mass is 19.1. The third-order valence-corrected chi connectivity index (χ3v) is 5.61. The maximum atomic E-state index is 13.0. The summed E-state index contributed by atoms with van der Waals surface area (Å²) in [6.45, 7) is 3.27. The van der Waals surface area contributed by atoms with Crippen molar-refractivity contribution in [2.24, 2.45) is 11.8 Å². The molecule has 1 saturated heterocycles. The minimum atomic E-state index is -0.338. The molecule has 3 rings (SSSR count). The van der Waals surface area contributed by atoms with E-state index in [4.69, 9.17) is 0 Å². The first-order chi connectivity index (χ1) is 12.5. The molecule has 1 aromatic carbocycles. The number of urea groups is 1. The summed E-state index contributed by atoms with van der Waals surface area (Å²) in [4.78, 5) is 26.8. The normalized spacial score (nSPS) is 26.2. The number of rotatable bonds is 3. The summed E-state index contributed by atoms with van der Waals surface area (Å²) in [5.41, 5.74) is 0.555. The van der Waals surface area contributed by atoms with Crippen LogP contribution >= 0.6 is 0 Å². The maximum Gasteiger partial charge on any atom is 0.321 e. The highest BCUT2D eigenvalue weighted by molar-refractivity contribution is 5.90. The van der Waals surface area contributed by atoms with E-state index in [1.54, 1.807) is 4.90 Å². The summed E-state index contributed by atoms with van der Waals surface area (Å²) in [6.07, 6.45) is 6.26. The Bertz CT molecular complexity index is 634. The molecule has 26 heavy (non-hydrogen) atoms. The van der Waals surface area contributed by atoms with Gasteiger partial charge in [-0.2, -0.15) is 0 Å². The molecule has 3 unspecified atom stereocenters. The van der Waals surface area contributed by atoms with Gasteiger partial charge in [-0.1, -0.05) is 19.8 Å². The van der Waals surface area contributed by atoms with Gasteiger partial charge in [-0.15, -0.1) is 0 Å². The molecular weight excluding hydrogens is 333 g/mol. The molecule has 1 heterocycles. The number of hydrogen-bond acceptors (Lipinski definition) is 2. The number of halogens is 1. The fraction of sp³-hybridized carbons (Fsp3) is 0.600. The molecule has 1 aliphatic carbocycles. The van der Waals surface area contributed by atoms with Crippen LogP contribution < -0.4 is 10.6 Å². The van der Waals surface area contributed by atoms with Crippen LogP contribution in [0.2, 0.25) is 0 Å². The Hall–Kier alpha value is -2.11. The van der Waals surface area contributed by atoms with Crippen molar-refractivity contribution >= 4 is 17.6 Å². The number of likely N-dealkylation sites (tertiary alicyclic amines) is 1. The topological polar surface area (TPSA) is 61.4 Å². The zero-order chi connectivity index (χ0) is 18.5. The molecular formula is C20H28FN3O2. The second-order valence-electron chi connectivity index (χ2n) is 7.60. The Morgan fingerprint density at radius 1 is 1.08 bits per heavy atom. The van der Waals surface area contributed by atoms with E-state index in [0.29, 0.717) is 24.7 Å². The molecule has 0 aromatic heterocycles. The fourth-order valence-electron chi connectivity index (χ4n) is 3.94. The van der Waals surface area contributed by atoms with Gasteiger partial charge >= 0.3 is 6.03 Å². The molecule has 0 radical (unpaired) electrons. The Balaban J connectivity index is 1.53. The molecule has 1 saturated carbocycles. The SMILES string of the molecule is CC1CCCCC1NC(=O)C1CCCN(C(=O)Nc2ccc(F)cc2)C1. The molecule has 5 nitrogen and oxygen atoms in total. The van der Waals surface area contributed by atoms with Crippen LogP contribution in [0, 0.1) is 17.7 Å². The molecule has 2 aliphatic rings. The van der Waals surface area contributed by atoms with Crippen molar-refractivity contribution in [3.8, 4) is 0 Å². The van der Waals surface area contributed by atoms with E-state index < -0.39 is 0 Å². The number of nitrogens with zero attached hydrogens (tertiary/aromatic N) is 1. The molecule has 142 valence electrons. The van der Waals surface area contributed by atoms with Crippen molar-refractivity contribution in [1.82, 2.24) is 10.2 Å². The van der Waals surface area contributed by atoms with Gasteiger partial charge in [-0.3, -0.25) is 4.79 Å². The van der Waals surface area contributed by atoms with Gasteiger partial charge in [-0.05, 0) is 55.9 Å². The second kappa shape index (κ2) is 8.52. The molecule has 3 atom stereocenters. The van der Waals surface area contributed by atoms with E-state index in [9.17, 15) is 14.0 Å². The number of carbonyl (C=O) groups excluding carboxylic acids is 2. The summed E-state index contributed by atoms with van der Waals surface area (Å²) < 4.78 is 13.0. The Kier molecular flexibility index (Phi) is 6.12. The Labute approximate surface area is 154 Å². The number of piperidine rings is 1. The predicted octanol–water partition coefficient (Wildman–Crippen LogP) is 3.76. The van der Waals surface area contributed by atoms with Crippen LogP contribution in [0.15, 0.2) is 24.3 Å². The second-order valence-corrected chi connectivity index (χ2v) is 7.60. The van der Waals surface area contributed by atoms with E-state index in [2.05, 4.69) is 17.6 Å². The highest BCUT2D eigenvalue weighted by Crippen LogP contribution is 2.25. The van der Waals surface area contributed by atoms with Crippen molar-refractivity contribution < 1.29 is 14.0 Å². The summed E-state index contributed by atoms with van der Waals surface area (Å²) in [5.74, 6) is 0.101. The lowest BCUT2D eigenvalue weighted by atomic mass is 9.85. The van der Waals surface area contributed by atoms with Gasteiger partial charge in [0.1, 0.15) is 5.82 Å². The van der Waals surface area contributed by atoms with Gasteiger partial charge < -0.3 is 15.5 Å². The number of anilines is 1. The number of hydrogen-bond donors (Lipinski definition) is 2. The van der Waals surface area contributed by atoms with E-state index in [1.807, 2.05) is 0 Å². The van der Waals surface area contributed by atoms with E-state index in [1.165, 1.54) is 43.5 Å². The van der Waals surface area contributed by atoms with Crippen LogP contribution in [0.4, 0.5) is 14.9 Å². The number of carbonyl (C=O) groups is 2. The van der Waals surface area contributed by atoms with Gasteiger partial charge in [0.05, 0.1) is 5.92 Å². The first kappa shape index (κ1) is 18.7. The van der Waals surface area contributed by atoms with Gasteiger partial charge in [0.25, 0.3) is 0 Å². The van der Waals surface area contributed by atoms with Crippen LogP contribution in [-0.2, 0) is 4.79 Å². The first-order valence-electron chi connectivity index (χ1n) is 9.65. The zero-order valence-electron chi connectivity index (χ0n) is 15.3. The van der Waals surface area contributed by atoms with Crippen molar-refractivity contribution in [2.45, 2.75) is 51.5 Å². The summed E-state index contributed by atoms with van der Waals surface area (Å²) in [6, 6.07) is 5.72. The van der Waals surface area contributed by atoms with Crippen LogP contribution in [-0.4, -0.2) is 36.0 Å². The van der Waals surface area contributed by atoms with E-state index in [-0.39, 0.29) is 29.7 Å². The molecule has 6 heteroatoms. The molecule has 2 fully saturated rings.